The summed E-state index contributed by atoms with van der Waals surface area (Å²) in [5.41, 5.74) is 1.78. The molecular weight excluding hydrogens is 364 g/mol. The molecule has 1 aromatic carbocycles. The van der Waals surface area contributed by atoms with Crippen molar-refractivity contribution >= 4 is 28.9 Å². The highest BCUT2D eigenvalue weighted by Gasteiger charge is 2.28. The van der Waals surface area contributed by atoms with E-state index in [0.29, 0.717) is 17.3 Å². The highest BCUT2D eigenvalue weighted by atomic mass is 35.5. The van der Waals surface area contributed by atoms with Crippen molar-refractivity contribution in [1.82, 2.24) is 10.1 Å². The molecule has 3 aromatic rings. The molecule has 0 bridgehead atoms. The van der Waals surface area contributed by atoms with Crippen LogP contribution in [0.2, 0.25) is 5.02 Å². The Kier molecular flexibility index (Phi) is 4.42. The molecule has 6 nitrogen and oxygen atoms in total. The van der Waals surface area contributed by atoms with Crippen molar-refractivity contribution in [2.24, 2.45) is 5.92 Å². The Morgan fingerprint density at radius 1 is 1.40 bits per heavy atom. The van der Waals surface area contributed by atoms with Crippen LogP contribution in [0, 0.1) is 5.92 Å². The first-order chi connectivity index (χ1) is 12.2. The zero-order chi connectivity index (χ0) is 17.2. The molecule has 4 rings (SSSR count). The van der Waals surface area contributed by atoms with Gasteiger partial charge >= 0.3 is 5.97 Å². The predicted molar refractivity (Wildman–Crippen MR) is 91.5 cm³/mol. The lowest BCUT2D eigenvalue weighted by Gasteiger charge is -2.23. The molecule has 0 radical (unpaired) electrons. The van der Waals surface area contributed by atoms with Gasteiger partial charge in [0.25, 0.3) is 5.89 Å². The fourth-order valence-corrected chi connectivity index (χ4v) is 3.42. The molecule has 1 aliphatic heterocycles. The SMILES string of the molecule is O=C(OCc1nc(-c2ccsc2)no1)[C@@H]1COc2ccc(Cl)cc2C1. The van der Waals surface area contributed by atoms with E-state index in [1.54, 1.807) is 17.4 Å². The minimum absolute atomic E-state index is 0.0606. The molecule has 25 heavy (non-hydrogen) atoms. The van der Waals surface area contributed by atoms with Crippen LogP contribution in [-0.4, -0.2) is 22.7 Å². The van der Waals surface area contributed by atoms with Crippen LogP contribution in [0.15, 0.2) is 39.5 Å². The Labute approximate surface area is 152 Å². The maximum atomic E-state index is 12.3. The maximum Gasteiger partial charge on any atom is 0.313 e. The number of rotatable bonds is 4. The van der Waals surface area contributed by atoms with Crippen molar-refractivity contribution in [2.45, 2.75) is 13.0 Å². The lowest BCUT2D eigenvalue weighted by molar-refractivity contribution is -0.152. The summed E-state index contributed by atoms with van der Waals surface area (Å²) in [5, 5.41) is 8.34. The number of hydrogen-bond acceptors (Lipinski definition) is 7. The number of fused-ring (bicyclic) bond motifs is 1. The van der Waals surface area contributed by atoms with Crippen LogP contribution in [-0.2, 0) is 22.6 Å². The fourth-order valence-electron chi connectivity index (χ4n) is 2.59. The average molecular weight is 377 g/mol. The third kappa shape index (κ3) is 3.52. The van der Waals surface area contributed by atoms with E-state index in [9.17, 15) is 4.79 Å². The number of carbonyl (C=O) groups excluding carboxylic acids is 1. The van der Waals surface area contributed by atoms with Crippen molar-refractivity contribution < 1.29 is 18.8 Å². The van der Waals surface area contributed by atoms with E-state index < -0.39 is 0 Å². The van der Waals surface area contributed by atoms with Gasteiger partial charge in [-0.2, -0.15) is 16.3 Å². The fraction of sp³-hybridized carbons (Fsp3) is 0.235. The Morgan fingerprint density at radius 3 is 3.16 bits per heavy atom. The zero-order valence-electron chi connectivity index (χ0n) is 13.0. The van der Waals surface area contributed by atoms with E-state index in [1.165, 1.54) is 0 Å². The maximum absolute atomic E-state index is 12.3. The molecule has 0 saturated heterocycles. The number of ether oxygens (including phenoxy) is 2. The topological polar surface area (TPSA) is 74.5 Å². The highest BCUT2D eigenvalue weighted by molar-refractivity contribution is 7.08. The lowest BCUT2D eigenvalue weighted by Crippen LogP contribution is -2.29. The van der Waals surface area contributed by atoms with Crippen molar-refractivity contribution in [3.63, 3.8) is 0 Å². The van der Waals surface area contributed by atoms with Gasteiger partial charge < -0.3 is 14.0 Å². The van der Waals surface area contributed by atoms with Crippen LogP contribution in [0.3, 0.4) is 0 Å². The van der Waals surface area contributed by atoms with Gasteiger partial charge in [-0.25, -0.2) is 0 Å². The molecule has 0 aliphatic carbocycles. The number of carbonyl (C=O) groups is 1. The minimum Gasteiger partial charge on any atom is -0.492 e. The Bertz CT molecular complexity index is 894. The van der Waals surface area contributed by atoms with Crippen molar-refractivity contribution in [3.8, 4) is 17.1 Å². The standard InChI is InChI=1S/C17H13ClN2O4S/c18-13-1-2-14-11(6-13)5-12(7-22-14)17(21)23-8-15-19-16(20-24-15)10-3-4-25-9-10/h1-4,6,9,12H,5,7-8H2/t12-/m0/s1. The van der Waals surface area contributed by atoms with E-state index in [-0.39, 0.29) is 31.0 Å². The number of aromatic nitrogens is 2. The molecule has 0 spiro atoms. The average Bonchev–Trinajstić information content (AvgIpc) is 3.30. The molecule has 1 atom stereocenters. The third-order valence-electron chi connectivity index (χ3n) is 3.85. The third-order valence-corrected chi connectivity index (χ3v) is 4.77. The monoisotopic (exact) mass is 376 g/mol. The van der Waals surface area contributed by atoms with Crippen LogP contribution in [0.4, 0.5) is 0 Å². The second kappa shape index (κ2) is 6.85. The molecule has 3 heterocycles. The smallest absolute Gasteiger partial charge is 0.313 e. The largest absolute Gasteiger partial charge is 0.492 e. The van der Waals surface area contributed by atoms with Crippen LogP contribution in [0.5, 0.6) is 5.75 Å². The highest BCUT2D eigenvalue weighted by Crippen LogP contribution is 2.30. The normalized spacial score (nSPS) is 16.1. The molecule has 0 fully saturated rings. The molecule has 2 aromatic heterocycles. The van der Waals surface area contributed by atoms with E-state index in [4.69, 9.17) is 25.6 Å². The first-order valence-corrected chi connectivity index (χ1v) is 8.94. The minimum atomic E-state index is -0.384. The van der Waals surface area contributed by atoms with Crippen LogP contribution >= 0.6 is 22.9 Å². The summed E-state index contributed by atoms with van der Waals surface area (Å²) in [6, 6.07) is 7.28. The molecule has 0 saturated carbocycles. The van der Waals surface area contributed by atoms with Gasteiger partial charge in [-0.15, -0.1) is 0 Å². The first-order valence-electron chi connectivity index (χ1n) is 7.62. The first kappa shape index (κ1) is 16.1. The quantitative estimate of drug-likeness (QED) is 0.645. The number of nitrogens with zero attached hydrogens (tertiary/aromatic N) is 2. The Morgan fingerprint density at radius 2 is 2.32 bits per heavy atom. The lowest BCUT2D eigenvalue weighted by atomic mass is 9.97. The molecule has 128 valence electrons. The molecule has 0 amide bonds. The van der Waals surface area contributed by atoms with Gasteiger partial charge in [-0.1, -0.05) is 16.8 Å². The Hall–Kier alpha value is -2.38. The summed E-state index contributed by atoms with van der Waals surface area (Å²) in [7, 11) is 0. The van der Waals surface area contributed by atoms with E-state index in [1.807, 2.05) is 29.0 Å². The van der Waals surface area contributed by atoms with Gasteiger partial charge in [0.2, 0.25) is 5.82 Å². The van der Waals surface area contributed by atoms with Gasteiger partial charge in [0.15, 0.2) is 6.61 Å². The predicted octanol–water partition coefficient (Wildman–Crippen LogP) is 3.75. The van der Waals surface area contributed by atoms with Crippen molar-refractivity contribution in [1.29, 1.82) is 0 Å². The summed E-state index contributed by atoms with van der Waals surface area (Å²) >= 11 is 7.54. The van der Waals surface area contributed by atoms with Crippen molar-refractivity contribution in [2.75, 3.05) is 6.61 Å². The van der Waals surface area contributed by atoms with Gasteiger partial charge in [-0.05, 0) is 41.6 Å². The molecule has 0 unspecified atom stereocenters. The number of thiophene rings is 1. The van der Waals surface area contributed by atoms with Crippen LogP contribution < -0.4 is 4.74 Å². The zero-order valence-corrected chi connectivity index (χ0v) is 14.5. The van der Waals surface area contributed by atoms with Gasteiger partial charge in [0, 0.05) is 16.0 Å². The van der Waals surface area contributed by atoms with Crippen molar-refractivity contribution in [3.05, 3.63) is 51.5 Å². The summed E-state index contributed by atoms with van der Waals surface area (Å²) in [5.74, 6) is 0.753. The second-order valence-corrected chi connectivity index (χ2v) is 6.81. The summed E-state index contributed by atoms with van der Waals surface area (Å²) < 4.78 is 16.0. The van der Waals surface area contributed by atoms with Crippen LogP contribution in [0.25, 0.3) is 11.4 Å². The molecule has 0 N–H and O–H groups in total. The Balaban J connectivity index is 1.37. The van der Waals surface area contributed by atoms with E-state index in [0.717, 1.165) is 16.9 Å². The van der Waals surface area contributed by atoms with E-state index >= 15 is 0 Å². The van der Waals surface area contributed by atoms with Crippen LogP contribution in [0.1, 0.15) is 11.5 Å². The number of hydrogen-bond donors (Lipinski definition) is 0. The van der Waals surface area contributed by atoms with Gasteiger partial charge in [0.05, 0.1) is 5.92 Å². The molecule has 8 heteroatoms. The number of benzene rings is 1. The van der Waals surface area contributed by atoms with Gasteiger partial charge in [0.1, 0.15) is 12.4 Å². The number of esters is 1. The summed E-state index contributed by atoms with van der Waals surface area (Å²) in [4.78, 5) is 16.5. The molecular formula is C17H13ClN2O4S. The summed E-state index contributed by atoms with van der Waals surface area (Å²) in [6.07, 6.45) is 0.527. The van der Waals surface area contributed by atoms with E-state index in [2.05, 4.69) is 10.1 Å². The van der Waals surface area contributed by atoms with Gasteiger partial charge in [-0.3, -0.25) is 4.79 Å². The summed E-state index contributed by atoms with van der Waals surface area (Å²) in [6.45, 7) is 0.215. The molecule has 1 aliphatic rings. The number of halogens is 1. The second-order valence-electron chi connectivity index (χ2n) is 5.60.